The van der Waals surface area contributed by atoms with Gasteiger partial charge in [-0.2, -0.15) is 0 Å². The van der Waals surface area contributed by atoms with Crippen LogP contribution in [0.2, 0.25) is 0 Å². The molecule has 1 N–H and O–H groups in total. The third kappa shape index (κ3) is 3.24. The van der Waals surface area contributed by atoms with Crippen LogP contribution >= 0.6 is 0 Å². The molecule has 0 fully saturated rings. The van der Waals surface area contributed by atoms with Crippen LogP contribution in [0, 0.1) is 0 Å². The zero-order chi connectivity index (χ0) is 19.5. The van der Waals surface area contributed by atoms with Crippen LogP contribution < -0.4 is 10.2 Å². The molecule has 0 saturated heterocycles. The van der Waals surface area contributed by atoms with Gasteiger partial charge < -0.3 is 9.47 Å². The summed E-state index contributed by atoms with van der Waals surface area (Å²) < 4.78 is 11.3. The molecule has 0 radical (unpaired) electrons. The van der Waals surface area contributed by atoms with E-state index in [-0.39, 0.29) is 11.8 Å². The molecule has 1 aliphatic rings. The number of imide groups is 1. The molecule has 1 aliphatic heterocycles. The average Bonchev–Trinajstić information content (AvgIpc) is 2.96. The van der Waals surface area contributed by atoms with Gasteiger partial charge in [0.2, 0.25) is 0 Å². The molecule has 0 saturated carbocycles. The van der Waals surface area contributed by atoms with Crippen LogP contribution in [0.4, 0.5) is 0 Å². The van der Waals surface area contributed by atoms with Gasteiger partial charge in [0, 0.05) is 18.5 Å². The lowest BCUT2D eigenvalue weighted by Gasteiger charge is -2.14. The van der Waals surface area contributed by atoms with Crippen LogP contribution in [-0.4, -0.2) is 36.6 Å². The highest BCUT2D eigenvalue weighted by Gasteiger charge is 2.38. The maximum absolute atomic E-state index is 12.9. The predicted molar refractivity (Wildman–Crippen MR) is 105 cm³/mol. The van der Waals surface area contributed by atoms with E-state index >= 15 is 0 Å². The summed E-state index contributed by atoms with van der Waals surface area (Å²) in [5, 5.41) is 2.53. The van der Waals surface area contributed by atoms with Crippen molar-refractivity contribution in [2.24, 2.45) is 0 Å². The Morgan fingerprint density at radius 2 is 1.64 bits per heavy atom. The molecule has 3 aromatic rings. The number of rotatable bonds is 7. The van der Waals surface area contributed by atoms with Gasteiger partial charge in [0.15, 0.2) is 0 Å². The molecule has 6 heteroatoms. The smallest absolute Gasteiger partial charge is 0.276 e. The van der Waals surface area contributed by atoms with Gasteiger partial charge in [-0.3, -0.25) is 9.59 Å². The lowest BCUT2D eigenvalue weighted by molar-refractivity contribution is 0.0534. The highest BCUT2D eigenvalue weighted by Crippen LogP contribution is 2.37. The summed E-state index contributed by atoms with van der Waals surface area (Å²) in [5.74, 6) is 0.452. The summed E-state index contributed by atoms with van der Waals surface area (Å²) in [4.78, 5) is 25.8. The van der Waals surface area contributed by atoms with Crippen molar-refractivity contribution in [3.8, 4) is 11.5 Å². The second kappa shape index (κ2) is 7.80. The van der Waals surface area contributed by atoms with Crippen LogP contribution in [0.1, 0.15) is 27.6 Å². The van der Waals surface area contributed by atoms with Crippen molar-refractivity contribution in [1.29, 1.82) is 0 Å². The molecular weight excluding hydrogens is 356 g/mol. The van der Waals surface area contributed by atoms with Crippen molar-refractivity contribution in [3.05, 3.63) is 71.8 Å². The van der Waals surface area contributed by atoms with Crippen LogP contribution in [0.15, 0.2) is 60.7 Å². The van der Waals surface area contributed by atoms with Crippen LogP contribution in [0.5, 0.6) is 11.5 Å². The molecule has 0 aliphatic carbocycles. The summed E-state index contributed by atoms with van der Waals surface area (Å²) in [6.45, 7) is 3.24. The number of carbonyl (C=O) groups is 2. The number of nitrogens with one attached hydrogen (secondary N) is 1. The Labute approximate surface area is 162 Å². The van der Waals surface area contributed by atoms with E-state index in [0.717, 1.165) is 10.4 Å². The van der Waals surface area contributed by atoms with Gasteiger partial charge in [-0.15, -0.1) is 0 Å². The van der Waals surface area contributed by atoms with Crippen molar-refractivity contribution in [2.45, 2.75) is 6.92 Å². The van der Waals surface area contributed by atoms with E-state index in [4.69, 9.17) is 9.47 Å². The van der Waals surface area contributed by atoms with Gasteiger partial charge in [0.25, 0.3) is 11.8 Å². The van der Waals surface area contributed by atoms with Gasteiger partial charge in [-0.25, -0.2) is 10.4 Å². The first-order valence-electron chi connectivity index (χ1n) is 9.19. The van der Waals surface area contributed by atoms with E-state index < -0.39 is 0 Å². The minimum atomic E-state index is -0.389. The normalized spacial score (nSPS) is 13.2. The standard InChI is InChI=1S/C22H20N2O4/c1-2-27-13-12-23-24-21(25)18-14-19(28-15-8-4-3-5-9-15)16-10-6-7-11-17(16)20(18)22(24)26/h3-11,14,23H,2,12-13H2,1H3. The van der Waals surface area contributed by atoms with Gasteiger partial charge in [0.1, 0.15) is 11.5 Å². The zero-order valence-electron chi connectivity index (χ0n) is 15.5. The van der Waals surface area contributed by atoms with E-state index in [0.29, 0.717) is 47.8 Å². The lowest BCUT2D eigenvalue weighted by atomic mass is 9.99. The number of para-hydroxylation sites is 1. The number of amides is 2. The van der Waals surface area contributed by atoms with E-state index in [2.05, 4.69) is 5.43 Å². The summed E-state index contributed by atoms with van der Waals surface area (Å²) in [6, 6.07) is 18.4. The molecular formula is C22H20N2O4. The minimum Gasteiger partial charge on any atom is -0.457 e. The highest BCUT2D eigenvalue weighted by atomic mass is 16.5. The third-order valence-corrected chi connectivity index (χ3v) is 4.55. The van der Waals surface area contributed by atoms with Crippen molar-refractivity contribution >= 4 is 22.6 Å². The molecule has 6 nitrogen and oxygen atoms in total. The van der Waals surface area contributed by atoms with Crippen LogP contribution in [0.25, 0.3) is 10.8 Å². The molecule has 28 heavy (non-hydrogen) atoms. The average molecular weight is 376 g/mol. The van der Waals surface area contributed by atoms with E-state index in [1.54, 1.807) is 6.07 Å². The Morgan fingerprint density at radius 1 is 0.929 bits per heavy atom. The second-order valence-electron chi connectivity index (χ2n) is 6.31. The number of hydrazine groups is 1. The zero-order valence-corrected chi connectivity index (χ0v) is 15.5. The molecule has 0 atom stereocenters. The number of benzene rings is 3. The van der Waals surface area contributed by atoms with E-state index in [1.807, 2.05) is 61.5 Å². The fraction of sp³-hybridized carbons (Fsp3) is 0.182. The first-order chi connectivity index (χ1) is 13.7. The topological polar surface area (TPSA) is 67.9 Å². The maximum Gasteiger partial charge on any atom is 0.276 e. The van der Waals surface area contributed by atoms with Gasteiger partial charge in [-0.05, 0) is 30.5 Å². The Morgan fingerprint density at radius 3 is 2.39 bits per heavy atom. The highest BCUT2D eigenvalue weighted by molar-refractivity contribution is 6.27. The van der Waals surface area contributed by atoms with Crippen molar-refractivity contribution in [2.75, 3.05) is 19.8 Å². The fourth-order valence-electron chi connectivity index (χ4n) is 3.28. The number of nitrogens with zero attached hydrogens (tertiary/aromatic N) is 1. The maximum atomic E-state index is 12.9. The third-order valence-electron chi connectivity index (χ3n) is 4.55. The Kier molecular flexibility index (Phi) is 5.06. The summed E-state index contributed by atoms with van der Waals surface area (Å²) in [5.41, 5.74) is 3.59. The Bertz CT molecular complexity index is 1030. The van der Waals surface area contributed by atoms with Gasteiger partial charge in [-0.1, -0.05) is 42.5 Å². The first-order valence-corrected chi connectivity index (χ1v) is 9.19. The number of hydrogen-bond donors (Lipinski definition) is 1. The number of fused-ring (bicyclic) bond motifs is 3. The molecule has 3 aromatic carbocycles. The van der Waals surface area contributed by atoms with Gasteiger partial charge >= 0.3 is 0 Å². The number of ether oxygens (including phenoxy) is 2. The molecule has 4 rings (SSSR count). The second-order valence-corrected chi connectivity index (χ2v) is 6.31. The van der Waals surface area contributed by atoms with Gasteiger partial charge in [0.05, 0.1) is 17.7 Å². The molecule has 2 amide bonds. The van der Waals surface area contributed by atoms with Crippen molar-refractivity contribution in [1.82, 2.24) is 10.4 Å². The first kappa shape index (κ1) is 18.2. The Balaban J connectivity index is 1.73. The van der Waals surface area contributed by atoms with Crippen molar-refractivity contribution < 1.29 is 19.1 Å². The van der Waals surface area contributed by atoms with E-state index in [1.165, 1.54) is 0 Å². The number of hydrogen-bond acceptors (Lipinski definition) is 5. The monoisotopic (exact) mass is 376 g/mol. The Hall–Kier alpha value is -3.22. The summed E-state index contributed by atoms with van der Waals surface area (Å²) in [7, 11) is 0. The summed E-state index contributed by atoms with van der Waals surface area (Å²) in [6.07, 6.45) is 0. The lowest BCUT2D eigenvalue weighted by Crippen LogP contribution is -2.43. The molecule has 142 valence electrons. The SMILES string of the molecule is CCOCCNN1C(=O)c2cc(Oc3ccccc3)c3ccccc3c2C1=O. The molecule has 0 aromatic heterocycles. The minimum absolute atomic E-state index is 0.332. The summed E-state index contributed by atoms with van der Waals surface area (Å²) >= 11 is 0. The quantitative estimate of drug-likeness (QED) is 0.502. The van der Waals surface area contributed by atoms with E-state index in [9.17, 15) is 9.59 Å². The molecule has 0 spiro atoms. The molecule has 0 bridgehead atoms. The number of carbonyl (C=O) groups excluding carboxylic acids is 2. The van der Waals surface area contributed by atoms with Crippen LogP contribution in [0.3, 0.4) is 0 Å². The molecule has 0 unspecified atom stereocenters. The molecule has 1 heterocycles. The largest absolute Gasteiger partial charge is 0.457 e. The predicted octanol–water partition coefficient (Wildman–Crippen LogP) is 3.77. The fourth-order valence-corrected chi connectivity index (χ4v) is 3.28. The van der Waals surface area contributed by atoms with Crippen molar-refractivity contribution in [3.63, 3.8) is 0 Å². The van der Waals surface area contributed by atoms with Crippen LogP contribution in [-0.2, 0) is 4.74 Å².